The van der Waals surface area contributed by atoms with Gasteiger partial charge in [0.2, 0.25) is 5.91 Å². The summed E-state index contributed by atoms with van der Waals surface area (Å²) in [4.78, 5) is 13.0. The Bertz CT molecular complexity index is 504. The van der Waals surface area contributed by atoms with Gasteiger partial charge in [0.1, 0.15) is 11.6 Å². The minimum atomic E-state index is -0.0803. The number of nitrogens with one attached hydrogen (secondary N) is 1. The second kappa shape index (κ2) is 6.69. The standard InChI is InChI=1S/C13H19N5O/c1-5-9-10(7-14)13(17-16-11(9)6-2)15-8-12(19)18(3)4/h5-6,8H2,1-4H3,(H,15,17). The molecule has 0 bridgehead atoms. The van der Waals surface area contributed by atoms with E-state index in [0.717, 1.165) is 24.1 Å². The number of aromatic nitrogens is 2. The Morgan fingerprint density at radius 1 is 1.32 bits per heavy atom. The quantitative estimate of drug-likeness (QED) is 0.854. The lowest BCUT2D eigenvalue weighted by molar-refractivity contribution is -0.126. The topological polar surface area (TPSA) is 81.9 Å². The third-order valence-electron chi connectivity index (χ3n) is 2.86. The highest BCUT2D eigenvalue weighted by Gasteiger charge is 2.15. The van der Waals surface area contributed by atoms with Gasteiger partial charge in [0.25, 0.3) is 0 Å². The molecule has 1 heterocycles. The Morgan fingerprint density at radius 3 is 2.47 bits per heavy atom. The lowest BCUT2D eigenvalue weighted by Crippen LogP contribution is -2.29. The minimum absolute atomic E-state index is 0.0803. The van der Waals surface area contributed by atoms with Crippen molar-refractivity contribution >= 4 is 11.7 Å². The van der Waals surface area contributed by atoms with Crippen molar-refractivity contribution in [3.8, 4) is 6.07 Å². The molecule has 1 amide bonds. The van der Waals surface area contributed by atoms with Crippen LogP contribution in [-0.2, 0) is 17.6 Å². The maximum atomic E-state index is 11.5. The molecular formula is C13H19N5O. The Balaban J connectivity index is 3.03. The van der Waals surface area contributed by atoms with Gasteiger partial charge in [0.05, 0.1) is 12.2 Å². The fourth-order valence-electron chi connectivity index (χ4n) is 1.73. The molecule has 0 saturated heterocycles. The molecular weight excluding hydrogens is 242 g/mol. The van der Waals surface area contributed by atoms with Crippen LogP contribution in [-0.4, -0.2) is 41.6 Å². The molecule has 0 aliphatic rings. The number of amides is 1. The third-order valence-corrected chi connectivity index (χ3v) is 2.86. The minimum Gasteiger partial charge on any atom is -0.358 e. The number of carbonyl (C=O) groups excluding carboxylic acids is 1. The van der Waals surface area contributed by atoms with E-state index in [1.165, 1.54) is 4.90 Å². The van der Waals surface area contributed by atoms with Gasteiger partial charge in [-0.05, 0) is 18.4 Å². The van der Waals surface area contributed by atoms with E-state index in [9.17, 15) is 10.1 Å². The summed E-state index contributed by atoms with van der Waals surface area (Å²) < 4.78 is 0. The molecule has 0 aliphatic carbocycles. The van der Waals surface area contributed by atoms with E-state index >= 15 is 0 Å². The number of anilines is 1. The average molecular weight is 261 g/mol. The van der Waals surface area contributed by atoms with E-state index in [4.69, 9.17) is 0 Å². The van der Waals surface area contributed by atoms with E-state index in [1.54, 1.807) is 14.1 Å². The van der Waals surface area contributed by atoms with Gasteiger partial charge < -0.3 is 10.2 Å². The van der Waals surface area contributed by atoms with E-state index in [2.05, 4.69) is 21.6 Å². The van der Waals surface area contributed by atoms with Crippen LogP contribution in [0.3, 0.4) is 0 Å². The molecule has 1 aromatic rings. The predicted molar refractivity (Wildman–Crippen MR) is 72.7 cm³/mol. The van der Waals surface area contributed by atoms with Crippen LogP contribution < -0.4 is 5.32 Å². The van der Waals surface area contributed by atoms with Crippen LogP contribution in [0, 0.1) is 11.3 Å². The molecule has 0 unspecified atom stereocenters. The Kier molecular flexibility index (Phi) is 5.24. The lowest BCUT2D eigenvalue weighted by atomic mass is 10.0. The Labute approximate surface area is 113 Å². The fourth-order valence-corrected chi connectivity index (χ4v) is 1.73. The molecule has 0 aliphatic heterocycles. The third kappa shape index (κ3) is 3.41. The smallest absolute Gasteiger partial charge is 0.241 e. The summed E-state index contributed by atoms with van der Waals surface area (Å²) in [7, 11) is 3.36. The van der Waals surface area contributed by atoms with Crippen molar-refractivity contribution in [3.63, 3.8) is 0 Å². The molecule has 6 heteroatoms. The first-order chi connectivity index (χ1) is 9.04. The fraction of sp³-hybridized carbons (Fsp3) is 0.538. The van der Waals surface area contributed by atoms with Gasteiger partial charge in [0, 0.05) is 14.1 Å². The Hall–Kier alpha value is -2.16. The molecule has 1 aromatic heterocycles. The summed E-state index contributed by atoms with van der Waals surface area (Å²) in [5, 5.41) is 20.3. The molecule has 0 saturated carbocycles. The normalized spacial score (nSPS) is 9.84. The van der Waals surface area contributed by atoms with Crippen molar-refractivity contribution in [3.05, 3.63) is 16.8 Å². The number of hydrogen-bond acceptors (Lipinski definition) is 5. The summed E-state index contributed by atoms with van der Waals surface area (Å²) in [6.45, 7) is 4.06. The highest BCUT2D eigenvalue weighted by atomic mass is 16.2. The van der Waals surface area contributed by atoms with Crippen LogP contribution in [0.15, 0.2) is 0 Å². The van der Waals surface area contributed by atoms with Crippen molar-refractivity contribution in [2.24, 2.45) is 0 Å². The van der Waals surface area contributed by atoms with Crippen molar-refractivity contribution < 1.29 is 4.79 Å². The maximum absolute atomic E-state index is 11.5. The summed E-state index contributed by atoms with van der Waals surface area (Å²) >= 11 is 0. The Morgan fingerprint density at radius 2 is 2.00 bits per heavy atom. The van der Waals surface area contributed by atoms with E-state index in [-0.39, 0.29) is 12.5 Å². The summed E-state index contributed by atoms with van der Waals surface area (Å²) in [5.74, 6) is 0.301. The van der Waals surface area contributed by atoms with Crippen LogP contribution in [0.5, 0.6) is 0 Å². The highest BCUT2D eigenvalue weighted by Crippen LogP contribution is 2.19. The molecule has 0 radical (unpaired) electrons. The van der Waals surface area contributed by atoms with Gasteiger partial charge in [-0.2, -0.15) is 10.4 Å². The predicted octanol–water partition coefficient (Wildman–Crippen LogP) is 0.973. The number of carbonyl (C=O) groups is 1. The van der Waals surface area contributed by atoms with Crippen molar-refractivity contribution in [1.29, 1.82) is 5.26 Å². The van der Waals surface area contributed by atoms with Gasteiger partial charge in [-0.15, -0.1) is 5.10 Å². The van der Waals surface area contributed by atoms with Crippen molar-refractivity contribution in [2.45, 2.75) is 26.7 Å². The summed E-state index contributed by atoms with van der Waals surface area (Å²) in [6.07, 6.45) is 1.46. The molecule has 102 valence electrons. The largest absolute Gasteiger partial charge is 0.358 e. The molecule has 19 heavy (non-hydrogen) atoms. The molecule has 0 aromatic carbocycles. The number of nitriles is 1. The van der Waals surface area contributed by atoms with Gasteiger partial charge in [-0.1, -0.05) is 13.8 Å². The van der Waals surface area contributed by atoms with Crippen LogP contribution in [0.2, 0.25) is 0 Å². The molecule has 0 atom stereocenters. The average Bonchev–Trinajstić information content (AvgIpc) is 2.42. The summed E-state index contributed by atoms with van der Waals surface area (Å²) in [6, 6.07) is 2.15. The SMILES string of the molecule is CCc1nnc(NCC(=O)N(C)C)c(C#N)c1CC. The number of rotatable bonds is 5. The number of nitrogens with zero attached hydrogens (tertiary/aromatic N) is 4. The number of likely N-dealkylation sites (N-methyl/N-ethyl adjacent to an activating group) is 1. The van der Waals surface area contributed by atoms with Crippen molar-refractivity contribution in [2.75, 3.05) is 26.0 Å². The van der Waals surface area contributed by atoms with Gasteiger partial charge in [0.15, 0.2) is 5.82 Å². The van der Waals surface area contributed by atoms with Crippen LogP contribution in [0.4, 0.5) is 5.82 Å². The van der Waals surface area contributed by atoms with Gasteiger partial charge in [-0.25, -0.2) is 0 Å². The highest BCUT2D eigenvalue weighted by molar-refractivity contribution is 5.80. The lowest BCUT2D eigenvalue weighted by Gasteiger charge is -2.14. The summed E-state index contributed by atoms with van der Waals surface area (Å²) in [5.41, 5.74) is 2.23. The van der Waals surface area contributed by atoms with E-state index < -0.39 is 0 Å². The maximum Gasteiger partial charge on any atom is 0.241 e. The number of hydrogen-bond donors (Lipinski definition) is 1. The van der Waals surface area contributed by atoms with E-state index in [1.807, 2.05) is 13.8 Å². The zero-order chi connectivity index (χ0) is 14.4. The molecule has 6 nitrogen and oxygen atoms in total. The van der Waals surface area contributed by atoms with Gasteiger partial charge in [-0.3, -0.25) is 4.79 Å². The molecule has 0 spiro atoms. The van der Waals surface area contributed by atoms with Crippen LogP contribution in [0.25, 0.3) is 0 Å². The zero-order valence-electron chi connectivity index (χ0n) is 11.8. The monoisotopic (exact) mass is 261 g/mol. The zero-order valence-corrected chi connectivity index (χ0v) is 11.8. The van der Waals surface area contributed by atoms with Crippen LogP contribution in [0.1, 0.15) is 30.7 Å². The van der Waals surface area contributed by atoms with Crippen LogP contribution >= 0.6 is 0 Å². The molecule has 1 N–H and O–H groups in total. The first-order valence-corrected chi connectivity index (χ1v) is 6.27. The van der Waals surface area contributed by atoms with E-state index in [0.29, 0.717) is 11.4 Å². The second-order valence-corrected chi connectivity index (χ2v) is 4.31. The second-order valence-electron chi connectivity index (χ2n) is 4.31. The van der Waals surface area contributed by atoms with Crippen molar-refractivity contribution in [1.82, 2.24) is 15.1 Å². The molecule has 0 fully saturated rings. The van der Waals surface area contributed by atoms with Gasteiger partial charge >= 0.3 is 0 Å². The number of aryl methyl sites for hydroxylation is 1. The first-order valence-electron chi connectivity index (χ1n) is 6.27. The molecule has 1 rings (SSSR count). The first kappa shape index (κ1) is 14.9.